The Bertz CT molecular complexity index is 470. The van der Waals surface area contributed by atoms with Gasteiger partial charge in [0.25, 0.3) is 0 Å². The van der Waals surface area contributed by atoms with Crippen molar-refractivity contribution in [2.45, 2.75) is 6.92 Å². The maximum atomic E-state index is 9.25. The smallest absolute Gasteiger partial charge is 0.127 e. The molecule has 2 aromatic rings. The molecule has 1 heterocycles. The Morgan fingerprint density at radius 1 is 1.31 bits per heavy atom. The normalized spacial score (nSPS) is 10.6. The van der Waals surface area contributed by atoms with Crippen LogP contribution in [0.5, 0.6) is 5.75 Å². The van der Waals surface area contributed by atoms with Crippen LogP contribution < -0.4 is 0 Å². The van der Waals surface area contributed by atoms with Crippen LogP contribution >= 0.6 is 15.9 Å². The van der Waals surface area contributed by atoms with Crippen LogP contribution in [0.2, 0.25) is 0 Å². The first-order valence-corrected chi connectivity index (χ1v) is 4.59. The van der Waals surface area contributed by atoms with E-state index in [4.69, 9.17) is 0 Å². The van der Waals surface area contributed by atoms with Gasteiger partial charge in [0, 0.05) is 5.39 Å². The van der Waals surface area contributed by atoms with Gasteiger partial charge in [0.15, 0.2) is 0 Å². The molecule has 0 atom stereocenters. The number of phenolic OH excluding ortho intramolecular Hbond substituents is 1. The molecule has 0 unspecified atom stereocenters. The third-order valence-electron chi connectivity index (χ3n) is 1.74. The van der Waals surface area contributed by atoms with Gasteiger partial charge in [-0.05, 0) is 41.1 Å². The van der Waals surface area contributed by atoms with Crippen LogP contribution in [0, 0.1) is 6.92 Å². The number of nitrogens with zero attached hydrogens (tertiary/aromatic N) is 2. The van der Waals surface area contributed by atoms with Crippen molar-refractivity contribution in [3.63, 3.8) is 0 Å². The van der Waals surface area contributed by atoms with Crippen LogP contribution in [-0.4, -0.2) is 15.1 Å². The van der Waals surface area contributed by atoms with Crippen LogP contribution in [0.3, 0.4) is 0 Å². The summed E-state index contributed by atoms with van der Waals surface area (Å²) in [6, 6.07) is 5.02. The number of halogens is 1. The summed E-state index contributed by atoms with van der Waals surface area (Å²) in [5, 5.41) is 10.1. The fourth-order valence-corrected chi connectivity index (χ4v) is 1.76. The number of hydrogen-bond acceptors (Lipinski definition) is 3. The van der Waals surface area contributed by atoms with Gasteiger partial charge in [-0.2, -0.15) is 0 Å². The lowest BCUT2D eigenvalue weighted by atomic mass is 10.2. The zero-order chi connectivity index (χ0) is 9.42. The number of aromatic hydroxyl groups is 1. The minimum atomic E-state index is 0.223. The number of rotatable bonds is 0. The van der Waals surface area contributed by atoms with Crippen molar-refractivity contribution in [1.29, 1.82) is 0 Å². The summed E-state index contributed by atoms with van der Waals surface area (Å²) in [4.78, 5) is 8.36. The average molecular weight is 239 g/mol. The summed E-state index contributed by atoms with van der Waals surface area (Å²) in [6.07, 6.45) is 0. The van der Waals surface area contributed by atoms with Crippen LogP contribution in [0.25, 0.3) is 10.9 Å². The van der Waals surface area contributed by atoms with Crippen molar-refractivity contribution < 1.29 is 5.11 Å². The van der Waals surface area contributed by atoms with Gasteiger partial charge >= 0.3 is 0 Å². The fourth-order valence-electron chi connectivity index (χ4n) is 1.19. The maximum Gasteiger partial charge on any atom is 0.127 e. The van der Waals surface area contributed by atoms with Crippen molar-refractivity contribution in [3.8, 4) is 5.75 Å². The quantitative estimate of drug-likeness (QED) is 0.718. The lowest BCUT2D eigenvalue weighted by molar-refractivity contribution is 0.476. The number of benzene rings is 1. The molecule has 1 aromatic heterocycles. The van der Waals surface area contributed by atoms with E-state index in [0.29, 0.717) is 10.4 Å². The summed E-state index contributed by atoms with van der Waals surface area (Å²) >= 11 is 3.32. The number of hydrogen-bond donors (Lipinski definition) is 1. The second kappa shape index (κ2) is 2.96. The lowest BCUT2D eigenvalue weighted by Gasteiger charge is -2.01. The Labute approximate surface area is 83.6 Å². The first kappa shape index (κ1) is 8.44. The van der Waals surface area contributed by atoms with Crippen LogP contribution in [0.15, 0.2) is 22.8 Å². The molecule has 4 heteroatoms. The Hall–Kier alpha value is -1.16. The standard InChI is InChI=1S/C9H7BrN2O/c1-5-11-8-3-2-6(13)4-7(8)9(10)12-5/h2-4,13H,1H3. The van der Waals surface area contributed by atoms with Crippen molar-refractivity contribution in [3.05, 3.63) is 28.6 Å². The highest BCUT2D eigenvalue weighted by Gasteiger charge is 2.03. The SMILES string of the molecule is Cc1nc(Br)c2cc(O)ccc2n1. The molecule has 1 aromatic carbocycles. The minimum absolute atomic E-state index is 0.223. The lowest BCUT2D eigenvalue weighted by Crippen LogP contribution is -1.89. The number of fused-ring (bicyclic) bond motifs is 1. The fraction of sp³-hybridized carbons (Fsp3) is 0.111. The van der Waals surface area contributed by atoms with Crippen molar-refractivity contribution >= 4 is 26.8 Å². The monoisotopic (exact) mass is 238 g/mol. The molecule has 3 nitrogen and oxygen atoms in total. The molecule has 0 saturated heterocycles. The molecular weight excluding hydrogens is 232 g/mol. The number of phenols is 1. The predicted octanol–water partition coefficient (Wildman–Crippen LogP) is 2.41. The highest BCUT2D eigenvalue weighted by Crippen LogP contribution is 2.24. The Morgan fingerprint density at radius 2 is 2.08 bits per heavy atom. The van der Waals surface area contributed by atoms with Crippen LogP contribution in [-0.2, 0) is 0 Å². The maximum absolute atomic E-state index is 9.25. The molecule has 2 rings (SSSR count). The molecule has 0 fully saturated rings. The Balaban J connectivity index is 2.87. The molecule has 0 aliphatic heterocycles. The minimum Gasteiger partial charge on any atom is -0.508 e. The summed E-state index contributed by atoms with van der Waals surface area (Å²) in [7, 11) is 0. The largest absolute Gasteiger partial charge is 0.508 e. The van der Waals surface area contributed by atoms with E-state index in [1.54, 1.807) is 18.2 Å². The van der Waals surface area contributed by atoms with Gasteiger partial charge in [0.2, 0.25) is 0 Å². The zero-order valence-electron chi connectivity index (χ0n) is 6.95. The molecule has 0 saturated carbocycles. The van der Waals surface area contributed by atoms with E-state index < -0.39 is 0 Å². The van der Waals surface area contributed by atoms with Gasteiger partial charge in [-0.15, -0.1) is 0 Å². The first-order valence-electron chi connectivity index (χ1n) is 3.80. The zero-order valence-corrected chi connectivity index (χ0v) is 8.54. The highest BCUT2D eigenvalue weighted by atomic mass is 79.9. The summed E-state index contributed by atoms with van der Waals surface area (Å²) in [5.74, 6) is 0.936. The summed E-state index contributed by atoms with van der Waals surface area (Å²) in [6.45, 7) is 1.83. The Morgan fingerprint density at radius 3 is 2.85 bits per heavy atom. The van der Waals surface area contributed by atoms with Crippen molar-refractivity contribution in [1.82, 2.24) is 9.97 Å². The predicted molar refractivity (Wildman–Crippen MR) is 53.6 cm³/mol. The molecule has 66 valence electrons. The van der Waals surface area contributed by atoms with E-state index >= 15 is 0 Å². The Kier molecular flexibility index (Phi) is 1.92. The van der Waals surface area contributed by atoms with E-state index in [0.717, 1.165) is 10.9 Å². The summed E-state index contributed by atoms with van der Waals surface area (Å²) in [5.41, 5.74) is 0.831. The number of aryl methyl sites for hydroxylation is 1. The highest BCUT2D eigenvalue weighted by molar-refractivity contribution is 9.10. The molecule has 0 aliphatic carbocycles. The van der Waals surface area contributed by atoms with E-state index in [9.17, 15) is 5.11 Å². The molecule has 0 bridgehead atoms. The third kappa shape index (κ3) is 1.49. The number of aromatic nitrogens is 2. The van der Waals surface area contributed by atoms with Crippen LogP contribution in [0.4, 0.5) is 0 Å². The second-order valence-corrected chi connectivity index (χ2v) is 3.51. The van der Waals surface area contributed by atoms with Gasteiger partial charge in [-0.3, -0.25) is 0 Å². The molecule has 0 spiro atoms. The average Bonchev–Trinajstić information content (AvgIpc) is 2.06. The second-order valence-electron chi connectivity index (χ2n) is 2.76. The van der Waals surface area contributed by atoms with Gasteiger partial charge in [0.1, 0.15) is 16.2 Å². The third-order valence-corrected chi connectivity index (χ3v) is 2.35. The van der Waals surface area contributed by atoms with Gasteiger partial charge in [0.05, 0.1) is 5.52 Å². The van der Waals surface area contributed by atoms with E-state index in [1.165, 1.54) is 0 Å². The molecular formula is C9H7BrN2O. The first-order chi connectivity index (χ1) is 6.16. The van der Waals surface area contributed by atoms with Gasteiger partial charge in [-0.25, -0.2) is 9.97 Å². The van der Waals surface area contributed by atoms with E-state index in [-0.39, 0.29) is 5.75 Å². The van der Waals surface area contributed by atoms with Crippen molar-refractivity contribution in [2.24, 2.45) is 0 Å². The van der Waals surface area contributed by atoms with Crippen LogP contribution in [0.1, 0.15) is 5.82 Å². The van der Waals surface area contributed by atoms with E-state index in [1.807, 2.05) is 6.92 Å². The topological polar surface area (TPSA) is 46.0 Å². The summed E-state index contributed by atoms with van der Waals surface area (Å²) < 4.78 is 0.714. The molecule has 0 radical (unpaired) electrons. The van der Waals surface area contributed by atoms with E-state index in [2.05, 4.69) is 25.9 Å². The molecule has 0 amide bonds. The molecule has 1 N–H and O–H groups in total. The molecule has 0 aliphatic rings. The van der Waals surface area contributed by atoms with Gasteiger partial charge in [-0.1, -0.05) is 0 Å². The molecule has 13 heavy (non-hydrogen) atoms. The van der Waals surface area contributed by atoms with Crippen molar-refractivity contribution in [2.75, 3.05) is 0 Å². The van der Waals surface area contributed by atoms with Gasteiger partial charge < -0.3 is 5.11 Å².